The third-order valence-electron chi connectivity index (χ3n) is 2.16. The standard InChI is InChI=1S/C13H16N2O3/c1-15(2)13(17)14-11-9-10(5-4-8-16)6-7-12(11)18-3/h6-7,9,16H,8H2,1-3H3,(H,14,17). The Balaban J connectivity index is 3.02. The van der Waals surface area contributed by atoms with Crippen molar-refractivity contribution in [3.05, 3.63) is 23.8 Å². The summed E-state index contributed by atoms with van der Waals surface area (Å²) in [6.45, 7) is -0.203. The maximum absolute atomic E-state index is 11.6. The van der Waals surface area contributed by atoms with E-state index in [-0.39, 0.29) is 12.6 Å². The first-order valence-corrected chi connectivity index (χ1v) is 5.34. The van der Waals surface area contributed by atoms with E-state index in [4.69, 9.17) is 9.84 Å². The normalized spacial score (nSPS) is 9.11. The number of nitrogens with zero attached hydrogens (tertiary/aromatic N) is 1. The monoisotopic (exact) mass is 248 g/mol. The molecule has 0 spiro atoms. The van der Waals surface area contributed by atoms with Gasteiger partial charge in [-0.05, 0) is 18.2 Å². The zero-order valence-corrected chi connectivity index (χ0v) is 10.7. The number of ether oxygens (including phenoxy) is 1. The SMILES string of the molecule is COc1ccc(C#CCO)cc1NC(=O)N(C)C. The van der Waals surface area contributed by atoms with Crippen molar-refractivity contribution < 1.29 is 14.6 Å². The molecule has 0 aliphatic carbocycles. The summed E-state index contributed by atoms with van der Waals surface area (Å²) in [6.07, 6.45) is 0. The molecule has 0 saturated carbocycles. The lowest BCUT2D eigenvalue weighted by molar-refractivity contribution is 0.230. The van der Waals surface area contributed by atoms with Crippen LogP contribution in [0.25, 0.3) is 0 Å². The largest absolute Gasteiger partial charge is 0.495 e. The van der Waals surface area contributed by atoms with Crippen LogP contribution < -0.4 is 10.1 Å². The molecular weight excluding hydrogens is 232 g/mol. The molecular formula is C13H16N2O3. The van der Waals surface area contributed by atoms with Crippen molar-refractivity contribution in [2.45, 2.75) is 0 Å². The van der Waals surface area contributed by atoms with Gasteiger partial charge in [-0.3, -0.25) is 0 Å². The lowest BCUT2D eigenvalue weighted by atomic mass is 10.2. The molecule has 2 N–H and O–H groups in total. The Morgan fingerprint density at radius 2 is 2.22 bits per heavy atom. The number of aliphatic hydroxyl groups excluding tert-OH is 1. The minimum Gasteiger partial charge on any atom is -0.495 e. The lowest BCUT2D eigenvalue weighted by Crippen LogP contribution is -2.27. The van der Waals surface area contributed by atoms with Crippen LogP contribution in [0.15, 0.2) is 18.2 Å². The maximum Gasteiger partial charge on any atom is 0.321 e. The summed E-state index contributed by atoms with van der Waals surface area (Å²) in [4.78, 5) is 13.0. The molecule has 0 saturated heterocycles. The molecule has 2 amide bonds. The van der Waals surface area contributed by atoms with E-state index in [1.54, 1.807) is 32.3 Å². The molecule has 0 aliphatic rings. The van der Waals surface area contributed by atoms with Crippen LogP contribution >= 0.6 is 0 Å². The van der Waals surface area contributed by atoms with Crippen LogP contribution in [0.3, 0.4) is 0 Å². The second-order valence-electron chi connectivity index (χ2n) is 3.70. The van der Waals surface area contributed by atoms with Gasteiger partial charge in [0.1, 0.15) is 12.4 Å². The predicted octanol–water partition coefficient (Wildman–Crippen LogP) is 1.13. The molecule has 0 aliphatic heterocycles. The summed E-state index contributed by atoms with van der Waals surface area (Å²) >= 11 is 0. The van der Waals surface area contributed by atoms with Gasteiger partial charge in [-0.2, -0.15) is 0 Å². The molecule has 0 atom stereocenters. The Hall–Kier alpha value is -2.19. The number of benzene rings is 1. The van der Waals surface area contributed by atoms with E-state index >= 15 is 0 Å². The Morgan fingerprint density at radius 1 is 1.50 bits per heavy atom. The maximum atomic E-state index is 11.6. The van der Waals surface area contributed by atoms with Crippen molar-refractivity contribution >= 4 is 11.7 Å². The number of aliphatic hydroxyl groups is 1. The van der Waals surface area contributed by atoms with E-state index in [1.807, 2.05) is 0 Å². The van der Waals surface area contributed by atoms with Crippen LogP contribution in [0.4, 0.5) is 10.5 Å². The highest BCUT2D eigenvalue weighted by Gasteiger charge is 2.09. The van der Waals surface area contributed by atoms with Gasteiger partial charge in [0.2, 0.25) is 0 Å². The quantitative estimate of drug-likeness (QED) is 0.771. The average Bonchev–Trinajstić information content (AvgIpc) is 2.36. The summed E-state index contributed by atoms with van der Waals surface area (Å²) in [5.74, 6) is 5.87. The molecule has 1 aromatic rings. The zero-order valence-electron chi connectivity index (χ0n) is 10.7. The van der Waals surface area contributed by atoms with Crippen LogP contribution in [0.1, 0.15) is 5.56 Å². The third-order valence-corrected chi connectivity index (χ3v) is 2.16. The Kier molecular flexibility index (Phi) is 5.03. The van der Waals surface area contributed by atoms with Gasteiger partial charge in [0.15, 0.2) is 0 Å². The van der Waals surface area contributed by atoms with E-state index in [2.05, 4.69) is 17.2 Å². The van der Waals surface area contributed by atoms with Crippen molar-refractivity contribution in [2.24, 2.45) is 0 Å². The molecule has 1 rings (SSSR count). The van der Waals surface area contributed by atoms with Crippen LogP contribution in [0.2, 0.25) is 0 Å². The average molecular weight is 248 g/mol. The van der Waals surface area contributed by atoms with E-state index in [0.29, 0.717) is 17.0 Å². The summed E-state index contributed by atoms with van der Waals surface area (Å²) in [6, 6.07) is 4.92. The highest BCUT2D eigenvalue weighted by Crippen LogP contribution is 2.25. The Morgan fingerprint density at radius 3 is 2.78 bits per heavy atom. The number of urea groups is 1. The molecule has 0 fully saturated rings. The minimum absolute atomic E-state index is 0.203. The van der Waals surface area contributed by atoms with Crippen molar-refractivity contribution in [1.29, 1.82) is 0 Å². The van der Waals surface area contributed by atoms with Gasteiger partial charge < -0.3 is 20.1 Å². The number of hydrogen-bond donors (Lipinski definition) is 2. The van der Waals surface area contributed by atoms with E-state index < -0.39 is 0 Å². The molecule has 5 heteroatoms. The summed E-state index contributed by atoms with van der Waals surface area (Å²) in [7, 11) is 4.83. The number of rotatable bonds is 2. The fourth-order valence-electron chi connectivity index (χ4n) is 1.25. The molecule has 1 aromatic carbocycles. The molecule has 0 aromatic heterocycles. The van der Waals surface area contributed by atoms with Gasteiger partial charge in [-0.1, -0.05) is 11.8 Å². The smallest absolute Gasteiger partial charge is 0.321 e. The number of carbonyl (C=O) groups excluding carboxylic acids is 1. The van der Waals surface area contributed by atoms with Gasteiger partial charge in [-0.15, -0.1) is 0 Å². The topological polar surface area (TPSA) is 61.8 Å². The van der Waals surface area contributed by atoms with Crippen LogP contribution in [-0.4, -0.2) is 43.8 Å². The highest BCUT2D eigenvalue weighted by atomic mass is 16.5. The van der Waals surface area contributed by atoms with Crippen LogP contribution in [0, 0.1) is 11.8 Å². The van der Waals surface area contributed by atoms with Gasteiger partial charge in [-0.25, -0.2) is 4.79 Å². The lowest BCUT2D eigenvalue weighted by Gasteiger charge is -2.14. The number of amides is 2. The van der Waals surface area contributed by atoms with Crippen molar-refractivity contribution in [2.75, 3.05) is 33.1 Å². The molecule has 0 unspecified atom stereocenters. The fourth-order valence-corrected chi connectivity index (χ4v) is 1.25. The number of methoxy groups -OCH3 is 1. The first-order chi connectivity index (χ1) is 8.58. The van der Waals surface area contributed by atoms with E-state index in [0.717, 1.165) is 0 Å². The van der Waals surface area contributed by atoms with Crippen molar-refractivity contribution in [3.63, 3.8) is 0 Å². The van der Waals surface area contributed by atoms with Crippen molar-refractivity contribution in [3.8, 4) is 17.6 Å². The number of carbonyl (C=O) groups is 1. The molecule has 0 bridgehead atoms. The van der Waals surface area contributed by atoms with Gasteiger partial charge in [0.05, 0.1) is 12.8 Å². The third kappa shape index (κ3) is 3.68. The minimum atomic E-state index is -0.249. The second kappa shape index (κ2) is 6.52. The van der Waals surface area contributed by atoms with Gasteiger partial charge >= 0.3 is 6.03 Å². The highest BCUT2D eigenvalue weighted by molar-refractivity contribution is 5.90. The van der Waals surface area contributed by atoms with Crippen LogP contribution in [-0.2, 0) is 0 Å². The molecule has 0 heterocycles. The second-order valence-corrected chi connectivity index (χ2v) is 3.70. The molecule has 96 valence electrons. The van der Waals surface area contributed by atoms with Gasteiger partial charge in [0, 0.05) is 19.7 Å². The fraction of sp³-hybridized carbons (Fsp3) is 0.308. The number of anilines is 1. The van der Waals surface area contributed by atoms with Crippen molar-refractivity contribution in [1.82, 2.24) is 4.90 Å². The molecule has 0 radical (unpaired) electrons. The predicted molar refractivity (Wildman–Crippen MR) is 69.7 cm³/mol. The summed E-state index contributed by atoms with van der Waals surface area (Å²) < 4.78 is 5.15. The first-order valence-electron chi connectivity index (χ1n) is 5.34. The molecule has 18 heavy (non-hydrogen) atoms. The number of nitrogens with one attached hydrogen (secondary N) is 1. The Bertz CT molecular complexity index is 487. The van der Waals surface area contributed by atoms with Crippen LogP contribution in [0.5, 0.6) is 5.75 Å². The summed E-state index contributed by atoms with van der Waals surface area (Å²) in [5.41, 5.74) is 1.24. The number of hydrogen-bond acceptors (Lipinski definition) is 3. The van der Waals surface area contributed by atoms with E-state index in [9.17, 15) is 4.79 Å². The van der Waals surface area contributed by atoms with E-state index in [1.165, 1.54) is 12.0 Å². The summed E-state index contributed by atoms with van der Waals surface area (Å²) in [5, 5.41) is 11.4. The molecule has 5 nitrogen and oxygen atoms in total. The zero-order chi connectivity index (χ0) is 13.5. The van der Waals surface area contributed by atoms with Gasteiger partial charge in [0.25, 0.3) is 0 Å². The first kappa shape index (κ1) is 13.9. The Labute approximate surface area is 106 Å².